The molecule has 0 heterocycles. The molecule has 1 aromatic rings. The van der Waals surface area contributed by atoms with Gasteiger partial charge in [-0.05, 0) is 30.2 Å². The lowest BCUT2D eigenvalue weighted by Crippen LogP contribution is -2.05. The Morgan fingerprint density at radius 1 is 1.57 bits per heavy atom. The smallest absolute Gasteiger partial charge is 0.337 e. The summed E-state index contributed by atoms with van der Waals surface area (Å²) < 4.78 is 0. The molecule has 0 bridgehead atoms. The molecular formula is C9H10N2O3. The van der Waals surface area contributed by atoms with Crippen molar-refractivity contribution in [3.05, 3.63) is 28.8 Å². The van der Waals surface area contributed by atoms with Crippen LogP contribution in [0, 0.1) is 6.92 Å². The quantitative estimate of drug-likeness (QED) is 0.284. The first-order chi connectivity index (χ1) is 6.56. The summed E-state index contributed by atoms with van der Waals surface area (Å²) in [5.74, 6) is -1.10. The Morgan fingerprint density at radius 3 is 2.71 bits per heavy atom. The summed E-state index contributed by atoms with van der Waals surface area (Å²) >= 11 is 0. The Hall–Kier alpha value is -2.04. The van der Waals surface area contributed by atoms with Crippen LogP contribution in [0.25, 0.3) is 0 Å². The summed E-state index contributed by atoms with van der Waals surface area (Å²) in [6, 6.07) is 2.99. The van der Waals surface area contributed by atoms with Gasteiger partial charge in [0.25, 0.3) is 0 Å². The number of nitrogens with two attached hydrogens (primary N) is 1. The first-order valence-corrected chi connectivity index (χ1v) is 3.87. The van der Waals surface area contributed by atoms with E-state index >= 15 is 0 Å². The molecule has 0 radical (unpaired) electrons. The lowest BCUT2D eigenvalue weighted by Gasteiger charge is -2.05. The topological polar surface area (TPSA) is 95.9 Å². The minimum Gasteiger partial charge on any atom is -0.478 e. The van der Waals surface area contributed by atoms with Crippen molar-refractivity contribution in [3.63, 3.8) is 0 Å². The Morgan fingerprint density at radius 2 is 2.21 bits per heavy atom. The molecule has 0 saturated carbocycles. The van der Waals surface area contributed by atoms with Crippen molar-refractivity contribution in [1.82, 2.24) is 0 Å². The molecule has 14 heavy (non-hydrogen) atoms. The van der Waals surface area contributed by atoms with Crippen LogP contribution in [0.2, 0.25) is 0 Å². The van der Waals surface area contributed by atoms with Crippen LogP contribution in [-0.4, -0.2) is 22.5 Å². The lowest BCUT2D eigenvalue weighted by atomic mass is 10.0. The SMILES string of the molecule is Cc1cc(C=NO)cc(C(=O)O)c1N. The first-order valence-electron chi connectivity index (χ1n) is 3.87. The number of carbonyl (C=O) groups is 1. The molecule has 5 nitrogen and oxygen atoms in total. The lowest BCUT2D eigenvalue weighted by molar-refractivity contribution is 0.0698. The second-order valence-electron chi connectivity index (χ2n) is 2.85. The van der Waals surface area contributed by atoms with Crippen molar-refractivity contribution < 1.29 is 15.1 Å². The number of hydrogen-bond acceptors (Lipinski definition) is 4. The zero-order valence-electron chi connectivity index (χ0n) is 7.56. The predicted octanol–water partition coefficient (Wildman–Crippen LogP) is 1.08. The molecule has 0 spiro atoms. The molecule has 0 fully saturated rings. The second kappa shape index (κ2) is 3.78. The third-order valence-electron chi connectivity index (χ3n) is 1.85. The molecule has 74 valence electrons. The van der Waals surface area contributed by atoms with Gasteiger partial charge in [-0.1, -0.05) is 5.16 Å². The molecular weight excluding hydrogens is 184 g/mol. The maximum Gasteiger partial charge on any atom is 0.337 e. The standard InChI is InChI=1S/C9H10N2O3/c1-5-2-6(4-11-14)3-7(8(5)10)9(12)13/h2-4,14H,10H2,1H3,(H,12,13). The molecule has 1 rings (SSSR count). The fourth-order valence-electron chi connectivity index (χ4n) is 1.14. The number of benzene rings is 1. The van der Waals surface area contributed by atoms with Gasteiger partial charge in [0.1, 0.15) is 0 Å². The maximum atomic E-state index is 10.7. The van der Waals surface area contributed by atoms with Gasteiger partial charge in [0, 0.05) is 5.69 Å². The highest BCUT2D eigenvalue weighted by Crippen LogP contribution is 2.18. The van der Waals surface area contributed by atoms with Crippen LogP contribution in [0.5, 0.6) is 0 Å². The number of aryl methyl sites for hydroxylation is 1. The molecule has 0 aliphatic carbocycles. The Balaban J connectivity index is 3.35. The number of aromatic carboxylic acids is 1. The predicted molar refractivity (Wildman–Crippen MR) is 51.9 cm³/mol. The van der Waals surface area contributed by atoms with Crippen molar-refractivity contribution in [2.75, 3.05) is 5.73 Å². The minimum atomic E-state index is -1.10. The number of nitrogen functional groups attached to an aromatic ring is 1. The van der Waals surface area contributed by atoms with Crippen molar-refractivity contribution in [3.8, 4) is 0 Å². The zero-order chi connectivity index (χ0) is 10.7. The Kier molecular flexibility index (Phi) is 2.71. The van der Waals surface area contributed by atoms with E-state index < -0.39 is 5.97 Å². The van der Waals surface area contributed by atoms with Crippen LogP contribution >= 0.6 is 0 Å². The highest BCUT2D eigenvalue weighted by atomic mass is 16.4. The number of hydrogen-bond donors (Lipinski definition) is 3. The molecule has 1 aromatic carbocycles. The van der Waals surface area contributed by atoms with Crippen molar-refractivity contribution in [2.45, 2.75) is 6.92 Å². The van der Waals surface area contributed by atoms with Crippen LogP contribution in [-0.2, 0) is 0 Å². The largest absolute Gasteiger partial charge is 0.478 e. The average Bonchev–Trinajstić information content (AvgIpc) is 2.11. The number of nitrogens with zero attached hydrogens (tertiary/aromatic N) is 1. The van der Waals surface area contributed by atoms with Gasteiger partial charge < -0.3 is 16.0 Å². The van der Waals surface area contributed by atoms with E-state index in [1.165, 1.54) is 6.07 Å². The van der Waals surface area contributed by atoms with Gasteiger partial charge in [0.05, 0.1) is 11.8 Å². The van der Waals surface area contributed by atoms with Gasteiger partial charge in [-0.2, -0.15) is 0 Å². The molecule has 0 aromatic heterocycles. The van der Waals surface area contributed by atoms with Crippen LogP contribution in [0.1, 0.15) is 21.5 Å². The number of anilines is 1. The third-order valence-corrected chi connectivity index (χ3v) is 1.85. The van der Waals surface area contributed by atoms with E-state index in [1.807, 2.05) is 0 Å². The normalized spacial score (nSPS) is 10.6. The van der Waals surface area contributed by atoms with Gasteiger partial charge in [-0.25, -0.2) is 4.79 Å². The van der Waals surface area contributed by atoms with E-state index in [0.717, 1.165) is 6.21 Å². The van der Waals surface area contributed by atoms with Crippen LogP contribution < -0.4 is 5.73 Å². The first kappa shape index (κ1) is 10.0. The number of rotatable bonds is 2. The molecule has 0 amide bonds. The maximum absolute atomic E-state index is 10.7. The van der Waals surface area contributed by atoms with E-state index in [4.69, 9.17) is 16.0 Å². The Bertz CT molecular complexity index is 399. The van der Waals surface area contributed by atoms with Gasteiger partial charge in [0.2, 0.25) is 0 Å². The van der Waals surface area contributed by atoms with Gasteiger partial charge in [-0.15, -0.1) is 0 Å². The highest BCUT2D eigenvalue weighted by molar-refractivity contribution is 5.97. The van der Waals surface area contributed by atoms with Gasteiger partial charge in [0.15, 0.2) is 0 Å². The second-order valence-corrected chi connectivity index (χ2v) is 2.85. The van der Waals surface area contributed by atoms with E-state index in [0.29, 0.717) is 11.1 Å². The fourth-order valence-corrected chi connectivity index (χ4v) is 1.14. The molecule has 4 N–H and O–H groups in total. The fraction of sp³-hybridized carbons (Fsp3) is 0.111. The van der Waals surface area contributed by atoms with Gasteiger partial charge in [-0.3, -0.25) is 0 Å². The monoisotopic (exact) mass is 194 g/mol. The zero-order valence-corrected chi connectivity index (χ0v) is 7.56. The summed E-state index contributed by atoms with van der Waals surface area (Å²) in [4.78, 5) is 10.7. The molecule has 0 atom stereocenters. The van der Waals surface area contributed by atoms with Gasteiger partial charge >= 0.3 is 5.97 Å². The third kappa shape index (κ3) is 1.82. The van der Waals surface area contributed by atoms with Crippen molar-refractivity contribution in [2.24, 2.45) is 5.16 Å². The number of carboxylic acid groups (broad SMARTS) is 1. The number of oxime groups is 1. The molecule has 0 aliphatic rings. The molecule has 0 aliphatic heterocycles. The van der Waals surface area contributed by atoms with Crippen LogP contribution in [0.4, 0.5) is 5.69 Å². The summed E-state index contributed by atoms with van der Waals surface area (Å²) in [5, 5.41) is 19.9. The summed E-state index contributed by atoms with van der Waals surface area (Å²) in [7, 11) is 0. The number of carboxylic acids is 1. The Labute approximate surface area is 80.5 Å². The van der Waals surface area contributed by atoms with Crippen LogP contribution in [0.3, 0.4) is 0 Å². The minimum absolute atomic E-state index is 0.0138. The summed E-state index contributed by atoms with van der Waals surface area (Å²) in [6.07, 6.45) is 1.15. The van der Waals surface area contributed by atoms with E-state index in [-0.39, 0.29) is 11.3 Å². The molecule has 0 saturated heterocycles. The van der Waals surface area contributed by atoms with E-state index in [2.05, 4.69) is 5.16 Å². The van der Waals surface area contributed by atoms with E-state index in [1.54, 1.807) is 13.0 Å². The molecule has 0 unspecified atom stereocenters. The van der Waals surface area contributed by atoms with E-state index in [9.17, 15) is 4.79 Å². The molecule has 5 heteroatoms. The summed E-state index contributed by atoms with van der Waals surface area (Å²) in [6.45, 7) is 1.69. The summed E-state index contributed by atoms with van der Waals surface area (Å²) in [5.41, 5.74) is 6.94. The van der Waals surface area contributed by atoms with Crippen LogP contribution in [0.15, 0.2) is 17.3 Å². The van der Waals surface area contributed by atoms with Crippen molar-refractivity contribution >= 4 is 17.9 Å². The average molecular weight is 194 g/mol. The van der Waals surface area contributed by atoms with Crippen molar-refractivity contribution in [1.29, 1.82) is 0 Å². The highest BCUT2D eigenvalue weighted by Gasteiger charge is 2.10.